The Kier molecular flexibility index (Phi) is 6.79. The van der Waals surface area contributed by atoms with Crippen molar-refractivity contribution in [3.05, 3.63) is 54.6 Å². The van der Waals surface area contributed by atoms with Crippen LogP contribution < -0.4 is 21.5 Å². The van der Waals surface area contributed by atoms with E-state index in [0.717, 1.165) is 42.3 Å². The van der Waals surface area contributed by atoms with Gasteiger partial charge in [-0.1, -0.05) is 58.0 Å². The first-order chi connectivity index (χ1) is 20.7. The Bertz CT molecular complexity index is 1430. The number of benzene rings is 1. The number of Topliss-reactive ketones (excluding diaryl/α,β-unsaturated/α-hetero) is 1. The van der Waals surface area contributed by atoms with Crippen LogP contribution >= 0.6 is 0 Å². The molecule has 2 spiro atoms. The van der Waals surface area contributed by atoms with Crippen LogP contribution in [0.1, 0.15) is 102 Å². The molecule has 13 atom stereocenters. The summed E-state index contributed by atoms with van der Waals surface area (Å²) in [5, 5.41) is 0. The van der Waals surface area contributed by atoms with Gasteiger partial charge in [0.1, 0.15) is 18.4 Å². The van der Waals surface area contributed by atoms with E-state index in [-0.39, 0.29) is 28.6 Å². The lowest BCUT2D eigenvalue weighted by Crippen LogP contribution is -3.00. The molecule has 7 aliphatic rings. The van der Waals surface area contributed by atoms with Gasteiger partial charge in [-0.05, 0) is 97.7 Å². The third-order valence-electron chi connectivity index (χ3n) is 15.3. The Morgan fingerprint density at radius 1 is 1.02 bits per heavy atom. The fraction of sp³-hybridized carbons (Fsp3) is 0.737. The number of imidazole rings is 1. The van der Waals surface area contributed by atoms with Gasteiger partial charge in [0, 0.05) is 23.3 Å². The molecule has 9 rings (SSSR count). The highest BCUT2D eigenvalue weighted by Crippen LogP contribution is 2.84. The lowest BCUT2D eigenvalue weighted by atomic mass is 9.44. The Morgan fingerprint density at radius 2 is 1.84 bits per heavy atom. The summed E-state index contributed by atoms with van der Waals surface area (Å²) in [5.41, 5.74) is 2.01. The molecule has 2 saturated heterocycles. The molecule has 5 nitrogen and oxygen atoms in total. The molecule has 6 heteroatoms. The van der Waals surface area contributed by atoms with Crippen molar-refractivity contribution in [2.75, 3.05) is 6.61 Å². The summed E-state index contributed by atoms with van der Waals surface area (Å²) in [6, 6.07) is 10.3. The zero-order valence-corrected chi connectivity index (χ0v) is 28.7. The van der Waals surface area contributed by atoms with Crippen LogP contribution in [-0.2, 0) is 16.0 Å². The zero-order valence-electron chi connectivity index (χ0n) is 27.1. The van der Waals surface area contributed by atoms with E-state index in [9.17, 15) is 4.79 Å². The van der Waals surface area contributed by atoms with Gasteiger partial charge in [0.25, 0.3) is 0 Å². The van der Waals surface area contributed by atoms with Crippen LogP contribution in [0.4, 0.5) is 0 Å². The van der Waals surface area contributed by atoms with Crippen molar-refractivity contribution in [2.24, 2.45) is 57.7 Å². The number of aromatic nitrogens is 2. The number of ketones is 1. The van der Waals surface area contributed by atoms with Gasteiger partial charge in [-0.15, -0.1) is 0 Å². The first kappa shape index (κ1) is 29.9. The van der Waals surface area contributed by atoms with Gasteiger partial charge in [0.15, 0.2) is 12.3 Å². The number of nitrogens with zero attached hydrogens (tertiary/aromatic N) is 2. The summed E-state index contributed by atoms with van der Waals surface area (Å²) in [5.74, 6) is 4.80. The first-order valence-electron chi connectivity index (χ1n) is 17.7. The molecule has 5 aliphatic carbocycles. The molecule has 0 amide bonds. The van der Waals surface area contributed by atoms with Gasteiger partial charge in [0.2, 0.25) is 12.1 Å². The second-order valence-corrected chi connectivity index (χ2v) is 16.9. The molecule has 5 saturated carbocycles. The maximum absolute atomic E-state index is 13.1. The van der Waals surface area contributed by atoms with Gasteiger partial charge >= 0.3 is 0 Å². The van der Waals surface area contributed by atoms with Crippen molar-refractivity contribution < 1.29 is 35.8 Å². The van der Waals surface area contributed by atoms with Crippen LogP contribution in [-0.4, -0.2) is 28.8 Å². The Morgan fingerprint density at radius 3 is 2.59 bits per heavy atom. The summed E-state index contributed by atoms with van der Waals surface area (Å²) in [4.78, 5) is 13.1. The van der Waals surface area contributed by atoms with E-state index in [1.165, 1.54) is 51.4 Å². The number of fused-ring (bicyclic) bond motifs is 6. The average Bonchev–Trinajstić information content (AvgIpc) is 3.23. The summed E-state index contributed by atoms with van der Waals surface area (Å²) in [6.07, 6.45) is 18.9. The molecule has 3 heterocycles. The van der Waals surface area contributed by atoms with E-state index in [1.54, 1.807) is 0 Å². The molecule has 0 unspecified atom stereocenters. The summed E-state index contributed by atoms with van der Waals surface area (Å²) < 4.78 is 18.4. The lowest BCUT2D eigenvalue weighted by Gasteiger charge is -2.60. The smallest absolute Gasteiger partial charge is 0.244 e. The van der Waals surface area contributed by atoms with Gasteiger partial charge in [-0.25, -0.2) is 9.13 Å². The van der Waals surface area contributed by atoms with Crippen LogP contribution in [0.3, 0.4) is 0 Å². The van der Waals surface area contributed by atoms with Crippen LogP contribution in [0.25, 0.3) is 0 Å². The predicted octanol–water partition coefficient (Wildman–Crippen LogP) is 4.26. The SMILES string of the molecule is C[C@@H]1CC[C@@]2(OC1)O[C@H]1C[C@H]3[C@@H]4C[C@H](n5cc[n+](CC(=O)c6ccccc6)c5)[C@]56C[C@H]5CC[C@]6(C)[C@H]4CC[C@]3(C)[C@H]1[C@@H]2C.[Br-]. The quantitative estimate of drug-likeness (QED) is 0.363. The number of halogens is 1. The molecular formula is C38H51BrN2O3. The highest BCUT2D eigenvalue weighted by Gasteiger charge is 2.79. The fourth-order valence-electron chi connectivity index (χ4n) is 13.3. The molecule has 7 fully saturated rings. The zero-order chi connectivity index (χ0) is 29.4. The van der Waals surface area contributed by atoms with Crippen molar-refractivity contribution in [3.63, 3.8) is 0 Å². The largest absolute Gasteiger partial charge is 1.00 e. The molecule has 0 radical (unpaired) electrons. The predicted molar refractivity (Wildman–Crippen MR) is 164 cm³/mol. The maximum atomic E-state index is 13.1. The van der Waals surface area contributed by atoms with E-state index >= 15 is 0 Å². The normalized spacial score (nSPS) is 49.8. The maximum Gasteiger partial charge on any atom is 0.244 e. The second-order valence-electron chi connectivity index (χ2n) is 16.9. The second kappa shape index (κ2) is 10.0. The monoisotopic (exact) mass is 662 g/mol. The van der Waals surface area contributed by atoms with Crippen LogP contribution in [0.2, 0.25) is 0 Å². The minimum absolute atomic E-state index is 0. The Labute approximate surface area is 274 Å². The van der Waals surface area contributed by atoms with Crippen molar-refractivity contribution in [1.82, 2.24) is 4.57 Å². The summed E-state index contributed by atoms with van der Waals surface area (Å²) in [6.45, 7) is 11.4. The minimum Gasteiger partial charge on any atom is -1.00 e. The highest BCUT2D eigenvalue weighted by molar-refractivity contribution is 5.94. The van der Waals surface area contributed by atoms with Crippen molar-refractivity contribution in [3.8, 4) is 0 Å². The number of carbonyl (C=O) groups is 1. The van der Waals surface area contributed by atoms with Gasteiger partial charge in [-0.3, -0.25) is 4.79 Å². The van der Waals surface area contributed by atoms with Crippen molar-refractivity contribution in [1.29, 1.82) is 0 Å². The molecule has 2 aliphatic heterocycles. The third-order valence-corrected chi connectivity index (χ3v) is 15.3. The topological polar surface area (TPSA) is 44.3 Å². The molecular weight excluding hydrogens is 612 g/mol. The van der Waals surface area contributed by atoms with Gasteiger partial charge in [0.05, 0.1) is 12.7 Å². The molecule has 1 aromatic carbocycles. The summed E-state index contributed by atoms with van der Waals surface area (Å²) >= 11 is 0. The van der Waals surface area contributed by atoms with E-state index < -0.39 is 0 Å². The van der Waals surface area contributed by atoms with Gasteiger partial charge in [-0.2, -0.15) is 0 Å². The number of carbonyl (C=O) groups excluding carboxylic acids is 1. The van der Waals surface area contributed by atoms with Crippen LogP contribution in [0.15, 0.2) is 49.1 Å². The molecule has 0 bridgehead atoms. The molecule has 2 aromatic rings. The molecule has 238 valence electrons. The molecule has 1 aromatic heterocycles. The van der Waals surface area contributed by atoms with E-state index in [1.807, 2.05) is 30.3 Å². The first-order valence-corrected chi connectivity index (χ1v) is 17.7. The standard InChI is InChI=1S/C38H51N2O3.BrH/c1-24-10-15-38(42-22-24)25(2)34-32(43-38)19-30-28-18-33(40-17-16-39(23-40)21-31(41)26-8-6-5-7-9-26)37-20-27(37)11-14-36(37,4)29(28)12-13-35(30,34)3;/h5-9,16-17,23-25,27-30,32-34H,10-15,18-22H2,1-4H3;1H/q+1;/p-1/t24-,25+,27-,28-,29+,30+,32+,33+,34+,35+,36-,37+,38-;/m1./s1. The number of rotatable bonds is 4. The van der Waals surface area contributed by atoms with Crippen molar-refractivity contribution >= 4 is 5.78 Å². The van der Waals surface area contributed by atoms with Crippen LogP contribution in [0.5, 0.6) is 0 Å². The molecule has 44 heavy (non-hydrogen) atoms. The summed E-state index contributed by atoms with van der Waals surface area (Å²) in [7, 11) is 0. The Hall–Kier alpha value is -1.50. The average molecular weight is 664 g/mol. The number of hydrogen-bond donors (Lipinski definition) is 0. The lowest BCUT2D eigenvalue weighted by molar-refractivity contribution is -0.682. The molecule has 0 N–H and O–H groups in total. The Balaban J connectivity index is 0.00000289. The van der Waals surface area contributed by atoms with Crippen LogP contribution in [0, 0.1) is 57.7 Å². The number of hydrogen-bond acceptors (Lipinski definition) is 3. The fourth-order valence-corrected chi connectivity index (χ4v) is 13.3. The van der Waals surface area contributed by atoms with Crippen molar-refractivity contribution in [2.45, 2.75) is 110 Å². The third kappa shape index (κ3) is 3.83. The minimum atomic E-state index is -0.333. The highest BCUT2D eigenvalue weighted by atomic mass is 79.9. The van der Waals surface area contributed by atoms with Gasteiger partial charge < -0.3 is 26.5 Å². The van der Waals surface area contributed by atoms with E-state index in [4.69, 9.17) is 9.47 Å². The number of ether oxygens (including phenoxy) is 2. The van der Waals surface area contributed by atoms with E-state index in [0.29, 0.717) is 52.7 Å². The van der Waals surface area contributed by atoms with E-state index in [2.05, 4.69) is 55.6 Å².